The van der Waals surface area contributed by atoms with Crippen molar-refractivity contribution >= 4 is 11.9 Å². The van der Waals surface area contributed by atoms with Gasteiger partial charge in [0.1, 0.15) is 5.75 Å². The Labute approximate surface area is 172 Å². The topological polar surface area (TPSA) is 73.9 Å². The number of methoxy groups -OCH3 is 2. The average molecular weight is 399 g/mol. The maximum Gasteiger partial charge on any atom is 0.339 e. The second-order valence-electron chi connectivity index (χ2n) is 7.72. The van der Waals surface area contributed by atoms with E-state index in [0.29, 0.717) is 16.9 Å². The molecule has 2 aromatic carbocycles. The Morgan fingerprint density at radius 1 is 0.931 bits per heavy atom. The molecule has 0 aromatic heterocycles. The van der Waals surface area contributed by atoms with Crippen LogP contribution in [0, 0.1) is 0 Å². The molecule has 0 heterocycles. The standard InChI is InChI=1S/C23H29NO5/c1-16(29-22(2,3)4)23(21(26)28-6,18-10-8-7-9-11-18)24-20(25)17-12-14-19(27-5)15-13-17/h7-16H,1-6H3,(H,24,25)/t16-,23-/m1/s1. The zero-order chi connectivity index (χ0) is 21.7. The molecule has 0 bridgehead atoms. The first kappa shape index (κ1) is 22.4. The summed E-state index contributed by atoms with van der Waals surface area (Å²) >= 11 is 0. The van der Waals surface area contributed by atoms with Crippen molar-refractivity contribution in [2.45, 2.75) is 44.9 Å². The fourth-order valence-electron chi connectivity index (χ4n) is 3.22. The van der Waals surface area contributed by atoms with Crippen LogP contribution in [0.1, 0.15) is 43.6 Å². The van der Waals surface area contributed by atoms with Crippen LogP contribution < -0.4 is 10.1 Å². The van der Waals surface area contributed by atoms with Crippen molar-refractivity contribution in [3.8, 4) is 5.75 Å². The number of hydrogen-bond donors (Lipinski definition) is 1. The largest absolute Gasteiger partial charge is 0.497 e. The minimum atomic E-state index is -1.53. The summed E-state index contributed by atoms with van der Waals surface area (Å²) < 4.78 is 16.4. The number of hydrogen-bond acceptors (Lipinski definition) is 5. The summed E-state index contributed by atoms with van der Waals surface area (Å²) in [5, 5.41) is 2.89. The van der Waals surface area contributed by atoms with Crippen molar-refractivity contribution < 1.29 is 23.8 Å². The van der Waals surface area contributed by atoms with Crippen molar-refractivity contribution in [1.29, 1.82) is 0 Å². The second-order valence-corrected chi connectivity index (χ2v) is 7.72. The van der Waals surface area contributed by atoms with Crippen LogP contribution in [0.15, 0.2) is 54.6 Å². The van der Waals surface area contributed by atoms with E-state index in [4.69, 9.17) is 14.2 Å². The maximum absolute atomic E-state index is 13.1. The van der Waals surface area contributed by atoms with Crippen molar-refractivity contribution in [1.82, 2.24) is 5.32 Å². The summed E-state index contributed by atoms with van der Waals surface area (Å²) in [6.45, 7) is 7.43. The molecule has 0 unspecified atom stereocenters. The molecule has 0 saturated heterocycles. The predicted molar refractivity (Wildman–Crippen MR) is 111 cm³/mol. The first-order valence-electron chi connectivity index (χ1n) is 9.42. The highest BCUT2D eigenvalue weighted by molar-refractivity contribution is 5.99. The lowest BCUT2D eigenvalue weighted by Gasteiger charge is -2.40. The van der Waals surface area contributed by atoms with Gasteiger partial charge in [0.2, 0.25) is 0 Å². The molecule has 2 atom stereocenters. The molecule has 0 aliphatic heterocycles. The lowest BCUT2D eigenvalue weighted by Crippen LogP contribution is -2.60. The molecule has 6 heteroatoms. The third kappa shape index (κ3) is 5.15. The van der Waals surface area contributed by atoms with Gasteiger partial charge in [-0.15, -0.1) is 0 Å². The summed E-state index contributed by atoms with van der Waals surface area (Å²) in [5.74, 6) is -0.401. The number of benzene rings is 2. The smallest absolute Gasteiger partial charge is 0.339 e. The molecule has 2 rings (SSSR count). The minimum absolute atomic E-state index is 0.387. The van der Waals surface area contributed by atoms with Crippen molar-refractivity contribution in [3.05, 3.63) is 65.7 Å². The van der Waals surface area contributed by atoms with Gasteiger partial charge in [0.15, 0.2) is 5.54 Å². The molecule has 29 heavy (non-hydrogen) atoms. The summed E-state index contributed by atoms with van der Waals surface area (Å²) in [5.41, 5.74) is -1.11. The molecule has 1 amide bonds. The molecular weight excluding hydrogens is 370 g/mol. The van der Waals surface area contributed by atoms with Gasteiger partial charge in [0.05, 0.1) is 25.9 Å². The number of carbonyl (C=O) groups excluding carboxylic acids is 2. The van der Waals surface area contributed by atoms with E-state index < -0.39 is 29.1 Å². The van der Waals surface area contributed by atoms with Crippen molar-refractivity contribution in [3.63, 3.8) is 0 Å². The molecule has 156 valence electrons. The first-order valence-corrected chi connectivity index (χ1v) is 9.42. The van der Waals surface area contributed by atoms with Gasteiger partial charge in [0, 0.05) is 5.56 Å². The quantitative estimate of drug-likeness (QED) is 0.719. The van der Waals surface area contributed by atoms with Crippen LogP contribution in [0.5, 0.6) is 5.75 Å². The highest BCUT2D eigenvalue weighted by Crippen LogP contribution is 2.32. The van der Waals surface area contributed by atoms with E-state index in [-0.39, 0.29) is 0 Å². The molecule has 1 N–H and O–H groups in total. The fourth-order valence-corrected chi connectivity index (χ4v) is 3.22. The van der Waals surface area contributed by atoms with E-state index in [2.05, 4.69) is 5.32 Å². The van der Waals surface area contributed by atoms with Gasteiger partial charge in [-0.25, -0.2) is 4.79 Å². The molecule has 6 nitrogen and oxygen atoms in total. The van der Waals surface area contributed by atoms with Crippen LogP contribution >= 0.6 is 0 Å². The van der Waals surface area contributed by atoms with Crippen LogP contribution in [-0.4, -0.2) is 37.8 Å². The van der Waals surface area contributed by atoms with Crippen LogP contribution in [0.25, 0.3) is 0 Å². The maximum atomic E-state index is 13.1. The third-order valence-electron chi connectivity index (χ3n) is 4.54. The highest BCUT2D eigenvalue weighted by Gasteiger charge is 2.50. The van der Waals surface area contributed by atoms with E-state index in [1.54, 1.807) is 62.6 Å². The van der Waals surface area contributed by atoms with Crippen LogP contribution in [-0.2, 0) is 19.8 Å². The number of carbonyl (C=O) groups is 2. The molecule has 0 aliphatic carbocycles. The van der Waals surface area contributed by atoms with E-state index in [1.165, 1.54) is 7.11 Å². The van der Waals surface area contributed by atoms with Gasteiger partial charge >= 0.3 is 5.97 Å². The molecular formula is C23H29NO5. The number of nitrogens with one attached hydrogen (secondary N) is 1. The van der Waals surface area contributed by atoms with Crippen LogP contribution in [0.2, 0.25) is 0 Å². The SMILES string of the molecule is COC(=O)[C@](NC(=O)c1ccc(OC)cc1)(c1ccccc1)[C@@H](C)OC(C)(C)C. The van der Waals surface area contributed by atoms with E-state index >= 15 is 0 Å². The monoisotopic (exact) mass is 399 g/mol. The number of ether oxygens (including phenoxy) is 3. The lowest BCUT2D eigenvalue weighted by atomic mass is 9.84. The van der Waals surface area contributed by atoms with Gasteiger partial charge in [-0.3, -0.25) is 4.79 Å². The number of esters is 1. The van der Waals surface area contributed by atoms with Gasteiger partial charge in [-0.05, 0) is 57.5 Å². The van der Waals surface area contributed by atoms with Crippen molar-refractivity contribution in [2.75, 3.05) is 14.2 Å². The van der Waals surface area contributed by atoms with Crippen molar-refractivity contribution in [2.24, 2.45) is 0 Å². The first-order chi connectivity index (χ1) is 13.6. The van der Waals surface area contributed by atoms with Crippen LogP contribution in [0.4, 0.5) is 0 Å². The normalized spacial score (nSPS) is 14.4. The van der Waals surface area contributed by atoms with Crippen LogP contribution in [0.3, 0.4) is 0 Å². The molecule has 0 radical (unpaired) electrons. The third-order valence-corrected chi connectivity index (χ3v) is 4.54. The summed E-state index contributed by atoms with van der Waals surface area (Å²) in [4.78, 5) is 26.2. The van der Waals surface area contributed by atoms with Gasteiger partial charge < -0.3 is 19.5 Å². The van der Waals surface area contributed by atoms with E-state index in [9.17, 15) is 9.59 Å². The zero-order valence-electron chi connectivity index (χ0n) is 17.8. The Kier molecular flexibility index (Phi) is 7.03. The Balaban J connectivity index is 2.54. The lowest BCUT2D eigenvalue weighted by molar-refractivity contribution is -0.162. The minimum Gasteiger partial charge on any atom is -0.497 e. The Hall–Kier alpha value is -2.86. The molecule has 0 spiro atoms. The second kappa shape index (κ2) is 9.09. The van der Waals surface area contributed by atoms with E-state index in [0.717, 1.165) is 0 Å². The molecule has 2 aromatic rings. The summed E-state index contributed by atoms with van der Waals surface area (Å²) in [6, 6.07) is 15.6. The highest BCUT2D eigenvalue weighted by atomic mass is 16.5. The summed E-state index contributed by atoms with van der Waals surface area (Å²) in [7, 11) is 2.85. The predicted octanol–water partition coefficient (Wildman–Crippen LogP) is 3.70. The molecule has 0 saturated carbocycles. The van der Waals surface area contributed by atoms with E-state index in [1.807, 2.05) is 26.8 Å². The number of amides is 1. The Morgan fingerprint density at radius 2 is 1.52 bits per heavy atom. The van der Waals surface area contributed by atoms with Gasteiger partial charge in [-0.2, -0.15) is 0 Å². The Bertz CT molecular complexity index is 827. The summed E-state index contributed by atoms with van der Waals surface area (Å²) in [6.07, 6.45) is -0.709. The fraction of sp³-hybridized carbons (Fsp3) is 0.391. The molecule has 0 aliphatic rings. The van der Waals surface area contributed by atoms with Gasteiger partial charge in [-0.1, -0.05) is 30.3 Å². The zero-order valence-corrected chi connectivity index (χ0v) is 17.8. The van der Waals surface area contributed by atoms with Gasteiger partial charge in [0.25, 0.3) is 5.91 Å². The average Bonchev–Trinajstić information content (AvgIpc) is 2.70. The molecule has 0 fully saturated rings. The number of rotatable bonds is 7. The Morgan fingerprint density at radius 3 is 2.00 bits per heavy atom.